The van der Waals surface area contributed by atoms with Crippen LogP contribution in [0.3, 0.4) is 0 Å². The number of hydrogen-bond donors (Lipinski definition) is 1. The largest absolute Gasteiger partial charge is 0.399 e. The molecule has 0 radical (unpaired) electrons. The predicted octanol–water partition coefficient (Wildman–Crippen LogP) is 0.976. The second-order valence-electron chi connectivity index (χ2n) is 5.15. The van der Waals surface area contributed by atoms with E-state index >= 15 is 0 Å². The van der Waals surface area contributed by atoms with Crippen LogP contribution in [0, 0.1) is 6.92 Å². The normalized spacial score (nSPS) is 18.2. The summed E-state index contributed by atoms with van der Waals surface area (Å²) < 4.78 is 5.74. The second kappa shape index (κ2) is 6.07. The number of carbonyl (C=O) groups is 1. The summed E-state index contributed by atoms with van der Waals surface area (Å²) in [6.45, 7) is 3.24. The van der Waals surface area contributed by atoms with Crippen molar-refractivity contribution in [3.63, 3.8) is 0 Å². The monoisotopic (exact) mass is 299 g/mol. The van der Waals surface area contributed by atoms with E-state index < -0.39 is 0 Å². The molecule has 2 aromatic rings. The number of rotatable bonds is 2. The zero-order chi connectivity index (χ0) is 15.5. The van der Waals surface area contributed by atoms with Crippen molar-refractivity contribution in [1.29, 1.82) is 0 Å². The fraction of sp³-hybridized carbons (Fsp3) is 0.333. The highest BCUT2D eigenvalue weighted by Crippen LogP contribution is 2.23. The van der Waals surface area contributed by atoms with Gasteiger partial charge in [0.1, 0.15) is 6.10 Å². The van der Waals surface area contributed by atoms with Crippen LogP contribution < -0.4 is 5.73 Å². The van der Waals surface area contributed by atoms with Crippen LogP contribution in [0.15, 0.2) is 30.6 Å². The number of amides is 1. The Labute approximate surface area is 128 Å². The lowest BCUT2D eigenvalue weighted by Crippen LogP contribution is -2.43. The Morgan fingerprint density at radius 3 is 2.86 bits per heavy atom. The van der Waals surface area contributed by atoms with E-state index in [1.165, 1.54) is 0 Å². The molecule has 1 aliphatic rings. The molecule has 3 heterocycles. The molecule has 2 N–H and O–H groups in total. The smallest absolute Gasteiger partial charge is 0.291 e. The molecule has 7 heteroatoms. The number of aryl methyl sites for hydroxylation is 1. The van der Waals surface area contributed by atoms with Crippen LogP contribution in [0.25, 0.3) is 0 Å². The maximum Gasteiger partial charge on any atom is 0.291 e. The molecular formula is C15H17N5O2. The van der Waals surface area contributed by atoms with Crippen molar-refractivity contribution in [1.82, 2.24) is 19.9 Å². The minimum atomic E-state index is -0.288. The zero-order valence-electron chi connectivity index (χ0n) is 12.3. The van der Waals surface area contributed by atoms with Crippen molar-refractivity contribution in [2.75, 3.05) is 25.4 Å². The van der Waals surface area contributed by atoms with Crippen LogP contribution in [0.2, 0.25) is 0 Å². The molecule has 0 aliphatic carbocycles. The standard InChI is InChI=1S/C15H17N5O2/c1-10-7-11(16)8-12(19-10)13-9-20(5-6-22-13)15(21)14-17-3-2-4-18-14/h2-4,7-8,13H,5-6,9H2,1H3,(H2,16,19)/t13-/m1/s1. The second-order valence-corrected chi connectivity index (χ2v) is 5.15. The number of anilines is 1. The van der Waals surface area contributed by atoms with Crippen LogP contribution in [0.4, 0.5) is 5.69 Å². The third-order valence-corrected chi connectivity index (χ3v) is 3.44. The summed E-state index contributed by atoms with van der Waals surface area (Å²) in [6, 6.07) is 5.26. The molecule has 1 amide bonds. The molecule has 0 bridgehead atoms. The number of ether oxygens (including phenoxy) is 1. The van der Waals surface area contributed by atoms with Gasteiger partial charge in [-0.15, -0.1) is 0 Å². The lowest BCUT2D eigenvalue weighted by molar-refractivity contribution is -0.0251. The summed E-state index contributed by atoms with van der Waals surface area (Å²) in [5, 5.41) is 0. The van der Waals surface area contributed by atoms with E-state index in [9.17, 15) is 4.79 Å². The van der Waals surface area contributed by atoms with E-state index in [1.807, 2.05) is 6.92 Å². The molecule has 3 rings (SSSR count). The quantitative estimate of drug-likeness (QED) is 0.888. The molecule has 1 atom stereocenters. The molecular weight excluding hydrogens is 282 g/mol. The van der Waals surface area contributed by atoms with Gasteiger partial charge in [0.05, 0.1) is 18.8 Å². The Morgan fingerprint density at radius 2 is 2.14 bits per heavy atom. The van der Waals surface area contributed by atoms with Gasteiger partial charge in [-0.3, -0.25) is 9.78 Å². The summed E-state index contributed by atoms with van der Waals surface area (Å²) in [5.74, 6) is -0.00519. The van der Waals surface area contributed by atoms with Gasteiger partial charge >= 0.3 is 0 Å². The van der Waals surface area contributed by atoms with E-state index in [0.717, 1.165) is 11.4 Å². The number of nitrogens with zero attached hydrogens (tertiary/aromatic N) is 4. The first kappa shape index (κ1) is 14.4. The highest BCUT2D eigenvalue weighted by molar-refractivity contribution is 5.90. The number of pyridine rings is 1. The van der Waals surface area contributed by atoms with E-state index in [2.05, 4.69) is 15.0 Å². The van der Waals surface area contributed by atoms with Gasteiger partial charge in [-0.25, -0.2) is 9.97 Å². The fourth-order valence-electron chi connectivity index (χ4n) is 2.45. The van der Waals surface area contributed by atoms with Gasteiger partial charge < -0.3 is 15.4 Å². The van der Waals surface area contributed by atoms with Crippen LogP contribution in [0.1, 0.15) is 28.1 Å². The highest BCUT2D eigenvalue weighted by Gasteiger charge is 2.28. The number of nitrogens with two attached hydrogens (primary N) is 1. The van der Waals surface area contributed by atoms with Crippen LogP contribution in [0.5, 0.6) is 0 Å². The summed E-state index contributed by atoms with van der Waals surface area (Å²) >= 11 is 0. The van der Waals surface area contributed by atoms with Crippen molar-refractivity contribution in [2.24, 2.45) is 0 Å². The minimum Gasteiger partial charge on any atom is -0.399 e. The molecule has 0 saturated carbocycles. The van der Waals surface area contributed by atoms with Crippen molar-refractivity contribution >= 4 is 11.6 Å². The van der Waals surface area contributed by atoms with Crippen LogP contribution >= 0.6 is 0 Å². The Hall–Kier alpha value is -2.54. The third-order valence-electron chi connectivity index (χ3n) is 3.44. The first-order valence-electron chi connectivity index (χ1n) is 7.05. The van der Waals surface area contributed by atoms with Crippen molar-refractivity contribution in [3.05, 3.63) is 47.8 Å². The molecule has 0 spiro atoms. The van der Waals surface area contributed by atoms with E-state index in [0.29, 0.717) is 25.4 Å². The first-order valence-corrected chi connectivity index (χ1v) is 7.05. The molecule has 0 unspecified atom stereocenters. The van der Waals surface area contributed by atoms with Crippen LogP contribution in [-0.4, -0.2) is 45.5 Å². The SMILES string of the molecule is Cc1cc(N)cc([C@H]2CN(C(=O)c3ncccn3)CCO2)n1. The molecule has 22 heavy (non-hydrogen) atoms. The van der Waals surface area contributed by atoms with Crippen molar-refractivity contribution < 1.29 is 9.53 Å². The van der Waals surface area contributed by atoms with Crippen LogP contribution in [-0.2, 0) is 4.74 Å². The van der Waals surface area contributed by atoms with Gasteiger partial charge in [0.2, 0.25) is 5.82 Å². The van der Waals surface area contributed by atoms with E-state index in [1.54, 1.807) is 35.5 Å². The minimum absolute atomic E-state index is 0.194. The molecule has 1 fully saturated rings. The number of carbonyl (C=O) groups excluding carboxylic acids is 1. The van der Waals surface area contributed by atoms with E-state index in [-0.39, 0.29) is 17.8 Å². The topological polar surface area (TPSA) is 94.2 Å². The Morgan fingerprint density at radius 1 is 1.36 bits per heavy atom. The molecule has 2 aromatic heterocycles. The lowest BCUT2D eigenvalue weighted by atomic mass is 10.1. The van der Waals surface area contributed by atoms with Gasteiger partial charge in [-0.1, -0.05) is 0 Å². The average molecular weight is 299 g/mol. The molecule has 0 aromatic carbocycles. The predicted molar refractivity (Wildman–Crippen MR) is 80.0 cm³/mol. The summed E-state index contributed by atoms with van der Waals surface area (Å²) in [4.78, 5) is 26.5. The van der Waals surface area contributed by atoms with E-state index in [4.69, 9.17) is 10.5 Å². The maximum absolute atomic E-state index is 12.4. The number of aromatic nitrogens is 3. The molecule has 1 saturated heterocycles. The zero-order valence-corrected chi connectivity index (χ0v) is 12.3. The number of nitrogen functional groups attached to an aromatic ring is 1. The number of hydrogen-bond acceptors (Lipinski definition) is 6. The summed E-state index contributed by atoms with van der Waals surface area (Å²) in [5.41, 5.74) is 8.06. The van der Waals surface area contributed by atoms with Crippen molar-refractivity contribution in [2.45, 2.75) is 13.0 Å². The van der Waals surface area contributed by atoms with Gasteiger partial charge in [0.15, 0.2) is 0 Å². The Kier molecular flexibility index (Phi) is 3.97. The van der Waals surface area contributed by atoms with Gasteiger partial charge in [-0.2, -0.15) is 0 Å². The number of morpholine rings is 1. The van der Waals surface area contributed by atoms with Gasteiger partial charge in [0.25, 0.3) is 5.91 Å². The molecule has 7 nitrogen and oxygen atoms in total. The lowest BCUT2D eigenvalue weighted by Gasteiger charge is -2.32. The molecule has 114 valence electrons. The maximum atomic E-state index is 12.4. The Bertz CT molecular complexity index is 657. The average Bonchev–Trinajstić information content (AvgIpc) is 2.54. The Balaban J connectivity index is 1.78. The summed E-state index contributed by atoms with van der Waals surface area (Å²) in [7, 11) is 0. The van der Waals surface area contributed by atoms with Crippen molar-refractivity contribution in [3.8, 4) is 0 Å². The fourth-order valence-corrected chi connectivity index (χ4v) is 2.45. The third kappa shape index (κ3) is 3.04. The highest BCUT2D eigenvalue weighted by atomic mass is 16.5. The molecule has 1 aliphatic heterocycles. The van der Waals surface area contributed by atoms with Gasteiger partial charge in [-0.05, 0) is 25.1 Å². The van der Waals surface area contributed by atoms with Gasteiger partial charge in [0, 0.05) is 30.3 Å². The summed E-state index contributed by atoms with van der Waals surface area (Å²) in [6.07, 6.45) is 2.82. The first-order chi connectivity index (χ1) is 10.6.